The highest BCUT2D eigenvalue weighted by Crippen LogP contribution is 2.45. The first-order valence-corrected chi connectivity index (χ1v) is 19.6. The fourth-order valence-electron chi connectivity index (χ4n) is 7.19. The quantitative estimate of drug-likeness (QED) is 0.0988. The van der Waals surface area contributed by atoms with E-state index in [1.54, 1.807) is 55.1 Å². The van der Waals surface area contributed by atoms with E-state index >= 15 is 4.39 Å². The maximum Gasteiger partial charge on any atom is 0.434 e. The van der Waals surface area contributed by atoms with E-state index in [0.29, 0.717) is 39.7 Å². The first-order valence-electron chi connectivity index (χ1n) is 19.6. The second-order valence-electron chi connectivity index (χ2n) is 15.0. The number of nitrogens with zero attached hydrogens (tertiary/aromatic N) is 9. The van der Waals surface area contributed by atoms with Crippen molar-refractivity contribution in [3.8, 4) is 28.7 Å². The minimum Gasteiger partial charge on any atom is -0.480 e. The third-order valence-electron chi connectivity index (χ3n) is 10.4. The van der Waals surface area contributed by atoms with Gasteiger partial charge in [0.15, 0.2) is 17.7 Å². The molecule has 18 heteroatoms. The van der Waals surface area contributed by atoms with Crippen molar-refractivity contribution in [3.63, 3.8) is 0 Å². The minimum atomic E-state index is -4.60. The van der Waals surface area contributed by atoms with Gasteiger partial charge in [0.05, 0.1) is 24.1 Å². The first kappa shape index (κ1) is 40.9. The molecule has 6 aromatic rings. The van der Waals surface area contributed by atoms with Gasteiger partial charge in [-0.05, 0) is 49.9 Å². The van der Waals surface area contributed by atoms with Gasteiger partial charge in [0, 0.05) is 60.9 Å². The molecule has 3 aromatic carbocycles. The Bertz CT molecular complexity index is 2590. The van der Waals surface area contributed by atoms with Gasteiger partial charge in [0.25, 0.3) is 5.91 Å². The summed E-state index contributed by atoms with van der Waals surface area (Å²) < 4.78 is 63.2. The molecule has 8 rings (SSSR count). The molecule has 61 heavy (non-hydrogen) atoms. The van der Waals surface area contributed by atoms with Crippen molar-refractivity contribution in [2.75, 3.05) is 25.1 Å². The molecule has 0 bridgehead atoms. The Labute approximate surface area is 347 Å². The summed E-state index contributed by atoms with van der Waals surface area (Å²) >= 11 is 0. The van der Waals surface area contributed by atoms with Gasteiger partial charge in [0.1, 0.15) is 29.9 Å². The van der Waals surface area contributed by atoms with Crippen LogP contribution in [0.15, 0.2) is 90.7 Å². The van der Waals surface area contributed by atoms with Crippen LogP contribution < -0.4 is 20.4 Å². The van der Waals surface area contributed by atoms with E-state index < -0.39 is 29.8 Å². The first-order chi connectivity index (χ1) is 29.4. The highest BCUT2D eigenvalue weighted by atomic mass is 19.4. The second-order valence-corrected chi connectivity index (χ2v) is 15.0. The van der Waals surface area contributed by atoms with E-state index in [-0.39, 0.29) is 55.4 Å². The normalized spacial score (nSPS) is 14.9. The number of benzene rings is 3. The van der Waals surface area contributed by atoms with Gasteiger partial charge in [0.2, 0.25) is 11.8 Å². The molecule has 3 N–H and O–H groups in total. The van der Waals surface area contributed by atoms with Crippen LogP contribution in [0.4, 0.5) is 23.5 Å². The number of aliphatic hydroxyl groups is 1. The Kier molecular flexibility index (Phi) is 11.4. The van der Waals surface area contributed by atoms with Crippen molar-refractivity contribution in [1.29, 1.82) is 0 Å². The smallest absolute Gasteiger partial charge is 0.434 e. The van der Waals surface area contributed by atoms with Crippen molar-refractivity contribution in [2.24, 2.45) is 5.10 Å². The molecule has 1 amide bonds. The Balaban J connectivity index is 1.05. The molecule has 0 saturated heterocycles. The number of carbonyl (C=O) groups excluding carboxylic acids is 1. The molecule has 1 atom stereocenters. The van der Waals surface area contributed by atoms with Crippen LogP contribution >= 0.6 is 0 Å². The topological polar surface area (TPSA) is 168 Å². The number of rotatable bonds is 14. The van der Waals surface area contributed by atoms with Gasteiger partial charge in [-0.1, -0.05) is 54.6 Å². The third-order valence-corrected chi connectivity index (χ3v) is 10.4. The van der Waals surface area contributed by atoms with Crippen LogP contribution in [0.25, 0.3) is 22.8 Å². The average Bonchev–Trinajstić information content (AvgIpc) is 4.00. The van der Waals surface area contributed by atoms with Crippen LogP contribution in [0.3, 0.4) is 0 Å². The number of anilines is 1. The number of fused-ring (bicyclic) bond motifs is 1. The van der Waals surface area contributed by atoms with Crippen molar-refractivity contribution >= 4 is 17.6 Å². The standard InChI is InChI=1S/C43H41F4N11O3/c1-24(2)58-21-34(43(45,46)47)53-38(58)28-11-8-25(9-12-28)20-57(42-52-23-50-37(54-42)35-36(27-13-14-27)49-22-51-41(35)61-3)17-16-48-39(59)31-18-26(10-15-32(31)44)19-33-29-6-4-5-7-30(29)40(60)56-55-33/h4-12,15,18,21-24,27,40,56,60H,13-14,16-17,19-20H2,1-3H3,(H,48,59). The Hall–Kier alpha value is -6.82. The number of alkyl halides is 3. The number of aliphatic hydroxyl groups excluding tert-OH is 1. The lowest BCUT2D eigenvalue weighted by Gasteiger charge is -2.24. The van der Waals surface area contributed by atoms with Gasteiger partial charge in [-0.2, -0.15) is 23.3 Å². The van der Waals surface area contributed by atoms with Gasteiger partial charge in [-0.15, -0.1) is 0 Å². The van der Waals surface area contributed by atoms with Crippen LogP contribution in [0.1, 0.15) is 88.9 Å². The van der Waals surface area contributed by atoms with Crippen molar-refractivity contribution in [1.82, 2.24) is 45.2 Å². The highest BCUT2D eigenvalue weighted by molar-refractivity contribution is 6.04. The zero-order valence-electron chi connectivity index (χ0n) is 33.4. The number of amides is 1. The third kappa shape index (κ3) is 8.89. The number of halogens is 4. The fraction of sp³-hybridized carbons (Fsp3) is 0.302. The summed E-state index contributed by atoms with van der Waals surface area (Å²) in [4.78, 5) is 41.9. The maximum absolute atomic E-state index is 15.2. The molecule has 1 aliphatic heterocycles. The fourth-order valence-corrected chi connectivity index (χ4v) is 7.19. The summed E-state index contributed by atoms with van der Waals surface area (Å²) in [5.41, 5.74) is 6.81. The SMILES string of the molecule is COc1ncnc(C2CC2)c1-c1ncnc(N(CCNC(=O)c2cc(CC3=NNC(O)c4ccccc43)ccc2F)Cc2ccc(-c3nc(C(F)(F)F)cn3C(C)C)cc2)n1. The minimum absolute atomic E-state index is 0.0423. The van der Waals surface area contributed by atoms with Crippen LogP contribution in [0.5, 0.6) is 5.88 Å². The van der Waals surface area contributed by atoms with E-state index in [1.165, 1.54) is 36.5 Å². The number of methoxy groups -OCH3 is 1. The number of hydrogen-bond acceptors (Lipinski definition) is 12. The lowest BCUT2D eigenvalue weighted by Crippen LogP contribution is -2.36. The van der Waals surface area contributed by atoms with Crippen LogP contribution in [-0.2, 0) is 19.1 Å². The van der Waals surface area contributed by atoms with E-state index in [1.807, 2.05) is 18.2 Å². The van der Waals surface area contributed by atoms with Gasteiger partial charge < -0.3 is 24.6 Å². The van der Waals surface area contributed by atoms with Crippen LogP contribution in [0, 0.1) is 5.82 Å². The van der Waals surface area contributed by atoms with Crippen molar-refractivity contribution in [2.45, 2.75) is 64.0 Å². The molecule has 0 spiro atoms. The largest absolute Gasteiger partial charge is 0.480 e. The zero-order valence-corrected chi connectivity index (χ0v) is 33.4. The summed E-state index contributed by atoms with van der Waals surface area (Å²) in [6.45, 7) is 3.97. The molecular formula is C43H41F4N11O3. The molecule has 1 unspecified atom stereocenters. The molecule has 0 radical (unpaired) electrons. The number of nitrogens with one attached hydrogen (secondary N) is 2. The zero-order chi connectivity index (χ0) is 42.8. The summed E-state index contributed by atoms with van der Waals surface area (Å²) in [6.07, 6.45) is 0.449. The Morgan fingerprint density at radius 1 is 1.00 bits per heavy atom. The monoisotopic (exact) mass is 835 g/mol. The van der Waals surface area contributed by atoms with Gasteiger partial charge in [-0.3, -0.25) is 10.2 Å². The van der Waals surface area contributed by atoms with Crippen molar-refractivity contribution < 1.29 is 32.2 Å². The maximum atomic E-state index is 15.2. The molecule has 2 aliphatic rings. The molecule has 14 nitrogen and oxygen atoms in total. The lowest BCUT2D eigenvalue weighted by molar-refractivity contribution is -0.140. The molecule has 314 valence electrons. The van der Waals surface area contributed by atoms with E-state index in [4.69, 9.17) is 9.72 Å². The molecule has 4 heterocycles. The highest BCUT2D eigenvalue weighted by Gasteiger charge is 2.35. The van der Waals surface area contributed by atoms with Crippen LogP contribution in [0.2, 0.25) is 0 Å². The summed E-state index contributed by atoms with van der Waals surface area (Å²) in [6, 6.07) is 18.3. The van der Waals surface area contributed by atoms with Gasteiger partial charge >= 0.3 is 6.18 Å². The number of aromatic nitrogens is 7. The number of hydrazone groups is 1. The Morgan fingerprint density at radius 3 is 2.49 bits per heavy atom. The lowest BCUT2D eigenvalue weighted by atomic mass is 9.95. The van der Waals surface area contributed by atoms with E-state index in [0.717, 1.165) is 35.9 Å². The predicted molar refractivity (Wildman–Crippen MR) is 217 cm³/mol. The number of ether oxygens (including phenoxy) is 1. The molecule has 1 saturated carbocycles. The van der Waals surface area contributed by atoms with E-state index in [2.05, 4.69) is 40.8 Å². The van der Waals surface area contributed by atoms with E-state index in [9.17, 15) is 23.1 Å². The summed E-state index contributed by atoms with van der Waals surface area (Å²) in [7, 11) is 1.50. The second kappa shape index (κ2) is 17.0. The Morgan fingerprint density at radius 2 is 1.75 bits per heavy atom. The molecule has 1 aliphatic carbocycles. The summed E-state index contributed by atoms with van der Waals surface area (Å²) in [5.74, 6) is -0.0842. The number of imidazole rings is 1. The average molecular weight is 836 g/mol. The van der Waals surface area contributed by atoms with Crippen molar-refractivity contribution in [3.05, 3.63) is 131 Å². The molecular weight excluding hydrogens is 795 g/mol. The summed E-state index contributed by atoms with van der Waals surface area (Å²) in [5, 5.41) is 17.5. The van der Waals surface area contributed by atoms with Gasteiger partial charge in [-0.25, -0.2) is 29.3 Å². The number of hydrogen-bond donors (Lipinski definition) is 3. The molecule has 1 fully saturated rings. The number of carbonyl (C=O) groups is 1. The molecule has 3 aromatic heterocycles. The van der Waals surface area contributed by atoms with Crippen LogP contribution in [-0.4, -0.2) is 71.4 Å². The predicted octanol–water partition coefficient (Wildman–Crippen LogP) is 6.79.